The Balaban J connectivity index is 2.93. The van der Waals surface area contributed by atoms with Gasteiger partial charge in [-0.3, -0.25) is 0 Å². The van der Waals surface area contributed by atoms with Crippen LogP contribution in [0.2, 0.25) is 0 Å². The zero-order valence-electron chi connectivity index (χ0n) is 6.33. The van der Waals surface area contributed by atoms with Crippen LogP contribution in [-0.2, 0) is 0 Å². The van der Waals surface area contributed by atoms with Gasteiger partial charge in [-0.2, -0.15) is 0 Å². The quantitative estimate of drug-likeness (QED) is 0.538. The van der Waals surface area contributed by atoms with E-state index < -0.39 is 0 Å². The molecule has 1 aliphatic rings. The lowest BCUT2D eigenvalue weighted by atomic mass is 9.93. The molecule has 2 heteroatoms. The first-order valence-electron chi connectivity index (χ1n) is 3.30. The third-order valence-corrected chi connectivity index (χ3v) is 1.36. The van der Waals surface area contributed by atoms with Gasteiger partial charge < -0.3 is 5.73 Å². The summed E-state index contributed by atoms with van der Waals surface area (Å²) in [7, 11) is 0. The maximum Gasteiger partial charge on any atom is 0.120 e. The van der Waals surface area contributed by atoms with Gasteiger partial charge in [0.25, 0.3) is 0 Å². The van der Waals surface area contributed by atoms with Crippen molar-refractivity contribution in [2.45, 2.75) is 13.8 Å². The summed E-state index contributed by atoms with van der Waals surface area (Å²) in [4.78, 5) is 3.95. The second-order valence-electron chi connectivity index (χ2n) is 3.03. The second-order valence-corrected chi connectivity index (χ2v) is 3.03. The summed E-state index contributed by atoms with van der Waals surface area (Å²) in [5, 5.41) is 0. The Bertz CT molecular complexity index is 209. The van der Waals surface area contributed by atoms with Crippen molar-refractivity contribution in [2.24, 2.45) is 16.1 Å². The molecule has 0 aliphatic carbocycles. The molecular weight excluding hydrogens is 124 g/mol. The number of rotatable bonds is 0. The van der Waals surface area contributed by atoms with Gasteiger partial charge in [-0.1, -0.05) is 19.9 Å². The normalized spacial score (nSPS) is 22.0. The molecule has 0 saturated carbocycles. The van der Waals surface area contributed by atoms with Crippen molar-refractivity contribution in [3.63, 3.8) is 0 Å². The van der Waals surface area contributed by atoms with E-state index >= 15 is 0 Å². The highest BCUT2D eigenvalue weighted by Gasteiger charge is 2.11. The van der Waals surface area contributed by atoms with Crippen LogP contribution in [0.25, 0.3) is 0 Å². The van der Waals surface area contributed by atoms with E-state index in [-0.39, 0.29) is 5.41 Å². The molecule has 0 amide bonds. The van der Waals surface area contributed by atoms with Gasteiger partial charge in [-0.25, -0.2) is 4.99 Å². The lowest BCUT2D eigenvalue weighted by Crippen LogP contribution is -2.05. The van der Waals surface area contributed by atoms with Gasteiger partial charge in [-0.15, -0.1) is 0 Å². The van der Waals surface area contributed by atoms with E-state index in [0.717, 1.165) is 0 Å². The molecule has 2 nitrogen and oxygen atoms in total. The van der Waals surface area contributed by atoms with Crippen LogP contribution in [0.5, 0.6) is 0 Å². The van der Waals surface area contributed by atoms with Crippen molar-refractivity contribution in [3.8, 4) is 0 Å². The van der Waals surface area contributed by atoms with Crippen molar-refractivity contribution in [1.29, 1.82) is 0 Å². The number of allylic oxidation sites excluding steroid dienone is 3. The lowest BCUT2D eigenvalue weighted by molar-refractivity contribution is 0.621. The van der Waals surface area contributed by atoms with Crippen molar-refractivity contribution in [3.05, 3.63) is 24.0 Å². The molecule has 0 bridgehead atoms. The standard InChI is InChI=1S/C8H12N2/c1-8(2)4-3-5-10-7(9)6-8/h3-6H,9H2,1-2H3. The molecule has 0 aromatic rings. The lowest BCUT2D eigenvalue weighted by Gasteiger charge is -2.12. The van der Waals surface area contributed by atoms with Crippen LogP contribution < -0.4 is 5.73 Å². The molecule has 10 heavy (non-hydrogen) atoms. The number of hydrogen-bond acceptors (Lipinski definition) is 2. The third kappa shape index (κ3) is 1.72. The predicted octanol–water partition coefficient (Wildman–Crippen LogP) is 1.45. The van der Waals surface area contributed by atoms with E-state index in [1.54, 1.807) is 6.21 Å². The van der Waals surface area contributed by atoms with Gasteiger partial charge in [0.15, 0.2) is 0 Å². The van der Waals surface area contributed by atoms with Crippen molar-refractivity contribution in [1.82, 2.24) is 0 Å². The van der Waals surface area contributed by atoms with Gasteiger partial charge in [0.1, 0.15) is 5.82 Å². The van der Waals surface area contributed by atoms with Crippen molar-refractivity contribution >= 4 is 6.21 Å². The topological polar surface area (TPSA) is 38.4 Å². The fourth-order valence-corrected chi connectivity index (χ4v) is 0.887. The Hall–Kier alpha value is -1.05. The Morgan fingerprint density at radius 2 is 2.20 bits per heavy atom. The highest BCUT2D eigenvalue weighted by molar-refractivity contribution is 5.73. The first-order valence-corrected chi connectivity index (χ1v) is 3.30. The Labute approximate surface area is 61.1 Å². The Kier molecular flexibility index (Phi) is 1.62. The van der Waals surface area contributed by atoms with E-state index in [4.69, 9.17) is 5.73 Å². The van der Waals surface area contributed by atoms with E-state index in [9.17, 15) is 0 Å². The zero-order valence-corrected chi connectivity index (χ0v) is 6.33. The minimum absolute atomic E-state index is 0.0422. The molecule has 0 unspecified atom stereocenters. The maximum atomic E-state index is 5.53. The number of aliphatic imine (C=N–C) groups is 1. The monoisotopic (exact) mass is 136 g/mol. The van der Waals surface area contributed by atoms with Gasteiger partial charge in [0, 0.05) is 11.6 Å². The fraction of sp³-hybridized carbons (Fsp3) is 0.375. The highest BCUT2D eigenvalue weighted by atomic mass is 14.9. The van der Waals surface area contributed by atoms with Crippen LogP contribution in [-0.4, -0.2) is 6.21 Å². The van der Waals surface area contributed by atoms with Crippen LogP contribution in [0.15, 0.2) is 29.0 Å². The molecule has 1 rings (SSSR count). The van der Waals surface area contributed by atoms with E-state index in [0.29, 0.717) is 5.82 Å². The average Bonchev–Trinajstić information content (AvgIpc) is 1.90. The summed E-state index contributed by atoms with van der Waals surface area (Å²) in [5.41, 5.74) is 5.58. The highest BCUT2D eigenvalue weighted by Crippen LogP contribution is 2.21. The molecule has 0 aromatic heterocycles. The molecule has 0 atom stereocenters. The van der Waals surface area contributed by atoms with E-state index in [1.165, 1.54) is 0 Å². The van der Waals surface area contributed by atoms with Crippen LogP contribution in [0.4, 0.5) is 0 Å². The molecule has 0 fully saturated rings. The molecule has 0 aromatic carbocycles. The number of hydrogen-bond donors (Lipinski definition) is 1. The minimum Gasteiger partial charge on any atom is -0.384 e. The molecule has 0 saturated heterocycles. The van der Waals surface area contributed by atoms with Crippen LogP contribution in [0, 0.1) is 5.41 Å². The molecule has 2 N–H and O–H groups in total. The first kappa shape index (κ1) is 7.06. The smallest absolute Gasteiger partial charge is 0.120 e. The Morgan fingerprint density at radius 3 is 2.90 bits per heavy atom. The van der Waals surface area contributed by atoms with Crippen LogP contribution >= 0.6 is 0 Å². The van der Waals surface area contributed by atoms with E-state index in [2.05, 4.69) is 24.9 Å². The molecule has 0 radical (unpaired) electrons. The summed E-state index contributed by atoms with van der Waals surface area (Å²) in [6.45, 7) is 4.18. The summed E-state index contributed by atoms with van der Waals surface area (Å²) in [5.74, 6) is 0.593. The molecular formula is C8H12N2. The summed E-state index contributed by atoms with van der Waals surface area (Å²) in [6, 6.07) is 0. The second kappa shape index (κ2) is 2.29. The number of nitrogens with zero attached hydrogens (tertiary/aromatic N) is 1. The molecule has 54 valence electrons. The summed E-state index contributed by atoms with van der Waals surface area (Å²) < 4.78 is 0. The van der Waals surface area contributed by atoms with Crippen molar-refractivity contribution < 1.29 is 0 Å². The van der Waals surface area contributed by atoms with Crippen LogP contribution in [0.1, 0.15) is 13.8 Å². The number of nitrogens with two attached hydrogens (primary N) is 1. The zero-order chi connectivity index (χ0) is 7.61. The Morgan fingerprint density at radius 1 is 1.50 bits per heavy atom. The van der Waals surface area contributed by atoms with Gasteiger partial charge >= 0.3 is 0 Å². The summed E-state index contributed by atoms with van der Waals surface area (Å²) in [6.07, 6.45) is 7.63. The van der Waals surface area contributed by atoms with Gasteiger partial charge in [-0.05, 0) is 12.2 Å². The molecule has 1 heterocycles. The fourth-order valence-electron chi connectivity index (χ4n) is 0.887. The summed E-state index contributed by atoms with van der Waals surface area (Å²) >= 11 is 0. The predicted molar refractivity (Wildman–Crippen MR) is 43.7 cm³/mol. The average molecular weight is 136 g/mol. The molecule has 1 aliphatic heterocycles. The first-order chi connectivity index (χ1) is 4.60. The van der Waals surface area contributed by atoms with E-state index in [1.807, 2.05) is 12.2 Å². The minimum atomic E-state index is 0.0422. The van der Waals surface area contributed by atoms with Gasteiger partial charge in [0.2, 0.25) is 0 Å². The SMILES string of the molecule is CC1(C)C=CC=NC(N)=C1. The van der Waals surface area contributed by atoms with Crippen LogP contribution in [0.3, 0.4) is 0 Å². The maximum absolute atomic E-state index is 5.53. The van der Waals surface area contributed by atoms with Crippen molar-refractivity contribution in [2.75, 3.05) is 0 Å². The van der Waals surface area contributed by atoms with Gasteiger partial charge in [0.05, 0.1) is 0 Å². The largest absolute Gasteiger partial charge is 0.384 e. The molecule has 0 spiro atoms. The third-order valence-electron chi connectivity index (χ3n) is 1.36.